The molecule has 1 heterocycles. The van der Waals surface area contributed by atoms with Crippen LogP contribution < -0.4 is 4.74 Å². The van der Waals surface area contributed by atoms with Crippen molar-refractivity contribution in [1.82, 2.24) is 4.90 Å². The molecule has 1 amide bonds. The highest BCUT2D eigenvalue weighted by Gasteiger charge is 2.31. The number of ether oxygens (including phenoxy) is 1. The minimum Gasteiger partial charge on any atom is -0.496 e. The van der Waals surface area contributed by atoms with E-state index < -0.39 is 12.0 Å². The number of amides is 1. The van der Waals surface area contributed by atoms with Gasteiger partial charge >= 0.3 is 5.97 Å². The largest absolute Gasteiger partial charge is 0.496 e. The lowest BCUT2D eigenvalue weighted by Crippen LogP contribution is -2.48. The first-order chi connectivity index (χ1) is 10.1. The number of hydrogen-bond donors (Lipinski definition) is 1. The van der Waals surface area contributed by atoms with Gasteiger partial charge in [-0.1, -0.05) is 18.2 Å². The second-order valence-corrected chi connectivity index (χ2v) is 5.25. The number of methoxy groups -OCH3 is 1. The molecule has 1 aliphatic rings. The number of hydrogen-bond acceptors (Lipinski definition) is 3. The molecule has 1 N–H and O–H groups in total. The molecule has 0 radical (unpaired) electrons. The van der Waals surface area contributed by atoms with E-state index in [4.69, 9.17) is 4.74 Å². The molecule has 0 aliphatic carbocycles. The van der Waals surface area contributed by atoms with Crippen LogP contribution in [-0.4, -0.2) is 41.6 Å². The molecule has 0 saturated carbocycles. The Morgan fingerprint density at radius 3 is 2.81 bits per heavy atom. The standard InChI is InChI=1S/C16H21NO4/c1-21-14-8-3-2-6-12(14)9-10-15(18)17-11-5-4-7-13(17)16(19)20/h2-3,6,8,13H,4-5,7,9-11H2,1H3,(H,19,20). The maximum Gasteiger partial charge on any atom is 0.326 e. The number of likely N-dealkylation sites (tertiary alicyclic amines) is 1. The molecule has 114 valence electrons. The van der Waals surface area contributed by atoms with E-state index in [0.717, 1.165) is 24.2 Å². The van der Waals surface area contributed by atoms with Crippen molar-refractivity contribution >= 4 is 11.9 Å². The van der Waals surface area contributed by atoms with Gasteiger partial charge in [0, 0.05) is 13.0 Å². The van der Waals surface area contributed by atoms with E-state index in [1.807, 2.05) is 24.3 Å². The first-order valence-electron chi connectivity index (χ1n) is 7.27. The van der Waals surface area contributed by atoms with Crippen LogP contribution in [0.15, 0.2) is 24.3 Å². The van der Waals surface area contributed by atoms with Crippen molar-refractivity contribution in [2.45, 2.75) is 38.1 Å². The van der Waals surface area contributed by atoms with E-state index in [0.29, 0.717) is 25.8 Å². The second kappa shape index (κ2) is 7.11. The maximum atomic E-state index is 12.3. The van der Waals surface area contributed by atoms with Crippen molar-refractivity contribution in [3.63, 3.8) is 0 Å². The van der Waals surface area contributed by atoms with Gasteiger partial charge in [0.1, 0.15) is 11.8 Å². The number of aliphatic carboxylic acids is 1. The third-order valence-corrected chi connectivity index (χ3v) is 3.91. The fourth-order valence-electron chi connectivity index (χ4n) is 2.78. The zero-order chi connectivity index (χ0) is 15.2. The molecule has 1 aliphatic heterocycles. The minimum atomic E-state index is -0.902. The molecular weight excluding hydrogens is 270 g/mol. The van der Waals surface area contributed by atoms with Gasteiger partial charge in [-0.05, 0) is 37.3 Å². The molecule has 1 atom stereocenters. The number of benzene rings is 1. The SMILES string of the molecule is COc1ccccc1CCC(=O)N1CCCCC1C(=O)O. The Labute approximate surface area is 124 Å². The smallest absolute Gasteiger partial charge is 0.326 e. The lowest BCUT2D eigenvalue weighted by molar-refractivity contribution is -0.152. The molecule has 21 heavy (non-hydrogen) atoms. The van der Waals surface area contributed by atoms with E-state index in [2.05, 4.69) is 0 Å². The normalized spacial score (nSPS) is 18.3. The lowest BCUT2D eigenvalue weighted by atomic mass is 10.0. The summed E-state index contributed by atoms with van der Waals surface area (Å²) in [5, 5.41) is 9.21. The van der Waals surface area contributed by atoms with E-state index in [9.17, 15) is 14.7 Å². The van der Waals surface area contributed by atoms with Gasteiger partial charge in [-0.15, -0.1) is 0 Å². The average Bonchev–Trinajstić information content (AvgIpc) is 2.52. The fraction of sp³-hybridized carbons (Fsp3) is 0.500. The summed E-state index contributed by atoms with van der Waals surface area (Å²) < 4.78 is 5.26. The van der Waals surface area contributed by atoms with Crippen molar-refractivity contribution in [2.24, 2.45) is 0 Å². The predicted octanol–water partition coefficient (Wildman–Crippen LogP) is 2.09. The molecule has 1 saturated heterocycles. The lowest BCUT2D eigenvalue weighted by Gasteiger charge is -2.33. The summed E-state index contributed by atoms with van der Waals surface area (Å²) in [7, 11) is 1.60. The van der Waals surface area contributed by atoms with Crippen LogP contribution in [0.25, 0.3) is 0 Å². The van der Waals surface area contributed by atoms with Gasteiger partial charge in [-0.3, -0.25) is 4.79 Å². The zero-order valence-electron chi connectivity index (χ0n) is 12.2. The number of carbonyl (C=O) groups is 2. The molecule has 5 nitrogen and oxygen atoms in total. The first-order valence-corrected chi connectivity index (χ1v) is 7.27. The molecule has 0 spiro atoms. The fourth-order valence-corrected chi connectivity index (χ4v) is 2.78. The van der Waals surface area contributed by atoms with Crippen molar-refractivity contribution in [1.29, 1.82) is 0 Å². The van der Waals surface area contributed by atoms with Crippen LogP contribution >= 0.6 is 0 Å². The van der Waals surface area contributed by atoms with Gasteiger partial charge in [0.2, 0.25) is 5.91 Å². The molecule has 1 aromatic rings. The Kier molecular flexibility index (Phi) is 5.20. The second-order valence-electron chi connectivity index (χ2n) is 5.25. The van der Waals surface area contributed by atoms with Crippen LogP contribution in [-0.2, 0) is 16.0 Å². The third kappa shape index (κ3) is 3.74. The van der Waals surface area contributed by atoms with Crippen molar-refractivity contribution in [3.05, 3.63) is 29.8 Å². The van der Waals surface area contributed by atoms with E-state index in [1.54, 1.807) is 7.11 Å². The van der Waals surface area contributed by atoms with Crippen LogP contribution in [0, 0.1) is 0 Å². The Hall–Kier alpha value is -2.04. The molecule has 0 bridgehead atoms. The highest BCUT2D eigenvalue weighted by Crippen LogP contribution is 2.22. The summed E-state index contributed by atoms with van der Waals surface area (Å²) in [6.07, 6.45) is 3.17. The van der Waals surface area contributed by atoms with Crippen LogP contribution in [0.1, 0.15) is 31.2 Å². The van der Waals surface area contributed by atoms with Crippen molar-refractivity contribution < 1.29 is 19.4 Å². The average molecular weight is 291 g/mol. The summed E-state index contributed by atoms with van der Waals surface area (Å²) in [5.74, 6) is -0.230. The molecule has 0 aromatic heterocycles. The minimum absolute atomic E-state index is 0.0898. The van der Waals surface area contributed by atoms with Crippen LogP contribution in [0.3, 0.4) is 0 Å². The number of carbonyl (C=O) groups excluding carboxylic acids is 1. The predicted molar refractivity (Wildman–Crippen MR) is 78.3 cm³/mol. The van der Waals surface area contributed by atoms with Crippen LogP contribution in [0.4, 0.5) is 0 Å². The number of para-hydroxylation sites is 1. The van der Waals surface area contributed by atoms with Crippen molar-refractivity contribution in [3.8, 4) is 5.75 Å². The molecule has 1 aromatic carbocycles. The highest BCUT2D eigenvalue weighted by molar-refractivity contribution is 5.84. The van der Waals surface area contributed by atoms with E-state index in [1.165, 1.54) is 4.90 Å². The van der Waals surface area contributed by atoms with Crippen LogP contribution in [0.2, 0.25) is 0 Å². The Balaban J connectivity index is 1.99. The van der Waals surface area contributed by atoms with Gasteiger partial charge in [0.25, 0.3) is 0 Å². The number of carboxylic acid groups (broad SMARTS) is 1. The topological polar surface area (TPSA) is 66.8 Å². The summed E-state index contributed by atoms with van der Waals surface area (Å²) >= 11 is 0. The third-order valence-electron chi connectivity index (χ3n) is 3.91. The highest BCUT2D eigenvalue weighted by atomic mass is 16.5. The van der Waals surface area contributed by atoms with E-state index >= 15 is 0 Å². The summed E-state index contributed by atoms with van der Waals surface area (Å²) in [6, 6.07) is 6.92. The molecule has 1 unspecified atom stereocenters. The quantitative estimate of drug-likeness (QED) is 0.902. The number of nitrogens with zero attached hydrogens (tertiary/aromatic N) is 1. The number of rotatable bonds is 5. The number of aryl methyl sites for hydroxylation is 1. The number of carboxylic acids is 1. The summed E-state index contributed by atoms with van der Waals surface area (Å²) in [5.41, 5.74) is 0.970. The Morgan fingerprint density at radius 2 is 2.10 bits per heavy atom. The van der Waals surface area contributed by atoms with Crippen LogP contribution in [0.5, 0.6) is 5.75 Å². The summed E-state index contributed by atoms with van der Waals surface area (Å²) in [4.78, 5) is 25.1. The molecular formula is C16H21NO4. The first kappa shape index (κ1) is 15.4. The molecule has 2 rings (SSSR count). The molecule has 1 fully saturated rings. The van der Waals surface area contributed by atoms with Gasteiger partial charge in [-0.2, -0.15) is 0 Å². The number of piperidine rings is 1. The maximum absolute atomic E-state index is 12.3. The summed E-state index contributed by atoms with van der Waals surface area (Å²) in [6.45, 7) is 0.543. The van der Waals surface area contributed by atoms with Gasteiger partial charge in [-0.25, -0.2) is 4.79 Å². The van der Waals surface area contributed by atoms with E-state index in [-0.39, 0.29) is 5.91 Å². The van der Waals surface area contributed by atoms with Gasteiger partial charge in [0.15, 0.2) is 0 Å². The van der Waals surface area contributed by atoms with Gasteiger partial charge < -0.3 is 14.7 Å². The molecule has 5 heteroatoms. The van der Waals surface area contributed by atoms with Crippen molar-refractivity contribution in [2.75, 3.05) is 13.7 Å². The zero-order valence-corrected chi connectivity index (χ0v) is 12.2. The van der Waals surface area contributed by atoms with Gasteiger partial charge in [0.05, 0.1) is 7.11 Å². The Morgan fingerprint density at radius 1 is 1.33 bits per heavy atom. The Bertz CT molecular complexity index is 515. The monoisotopic (exact) mass is 291 g/mol.